The zero-order valence-electron chi connectivity index (χ0n) is 10.6. The number of rotatable bonds is 4. The lowest BCUT2D eigenvalue weighted by Gasteiger charge is -2.10. The maximum absolute atomic E-state index is 12.0. The smallest absolute Gasteiger partial charge is 0.377 e. The van der Waals surface area contributed by atoms with Crippen molar-refractivity contribution < 1.29 is 18.8 Å². The summed E-state index contributed by atoms with van der Waals surface area (Å²) in [5.41, 5.74) is 1.07. The molecule has 2 rings (SSSR count). The van der Waals surface area contributed by atoms with E-state index in [0.717, 1.165) is 0 Å². The number of Topliss-reactive ketones (excluding diaryl/α,β-unsaturated/α-hetero) is 1. The SMILES string of the molecule is Cc1cc(C(=O)OC(C)C(=O)c2ccccc2)on1. The van der Waals surface area contributed by atoms with Gasteiger partial charge < -0.3 is 9.26 Å². The maximum Gasteiger partial charge on any atom is 0.377 e. The lowest BCUT2D eigenvalue weighted by molar-refractivity contribution is 0.0281. The van der Waals surface area contributed by atoms with Crippen LogP contribution in [0.4, 0.5) is 0 Å². The quantitative estimate of drug-likeness (QED) is 0.623. The fourth-order valence-corrected chi connectivity index (χ4v) is 1.57. The predicted octanol–water partition coefficient (Wildman–Crippen LogP) is 2.41. The molecule has 5 nitrogen and oxygen atoms in total. The largest absolute Gasteiger partial charge is 0.448 e. The molecular weight excluding hydrogens is 246 g/mol. The van der Waals surface area contributed by atoms with Gasteiger partial charge in [0.25, 0.3) is 0 Å². The van der Waals surface area contributed by atoms with Crippen LogP contribution in [0.2, 0.25) is 0 Å². The van der Waals surface area contributed by atoms with Crippen LogP contribution in [0.3, 0.4) is 0 Å². The van der Waals surface area contributed by atoms with Gasteiger partial charge in [-0.1, -0.05) is 35.5 Å². The van der Waals surface area contributed by atoms with E-state index >= 15 is 0 Å². The van der Waals surface area contributed by atoms with Gasteiger partial charge in [0.05, 0.1) is 5.69 Å². The van der Waals surface area contributed by atoms with Gasteiger partial charge in [0.2, 0.25) is 11.5 Å². The molecule has 1 unspecified atom stereocenters. The first kappa shape index (κ1) is 13.0. The van der Waals surface area contributed by atoms with Gasteiger partial charge in [-0.15, -0.1) is 0 Å². The van der Waals surface area contributed by atoms with E-state index in [2.05, 4.69) is 5.16 Å². The molecule has 0 spiro atoms. The average molecular weight is 259 g/mol. The van der Waals surface area contributed by atoms with E-state index in [1.54, 1.807) is 31.2 Å². The number of hydrogen-bond acceptors (Lipinski definition) is 5. The number of esters is 1. The normalized spacial score (nSPS) is 11.9. The standard InChI is InChI=1S/C14H13NO4/c1-9-8-12(19-15-9)14(17)18-10(2)13(16)11-6-4-3-5-7-11/h3-8,10H,1-2H3. The van der Waals surface area contributed by atoms with Crippen LogP contribution in [0.25, 0.3) is 0 Å². The summed E-state index contributed by atoms with van der Waals surface area (Å²) in [7, 11) is 0. The molecule has 0 aliphatic heterocycles. The van der Waals surface area contributed by atoms with Crippen molar-refractivity contribution in [1.82, 2.24) is 5.16 Å². The molecule has 1 aromatic carbocycles. The highest BCUT2D eigenvalue weighted by Crippen LogP contribution is 2.10. The molecule has 0 bridgehead atoms. The van der Waals surface area contributed by atoms with Gasteiger partial charge in [-0.2, -0.15) is 0 Å². The number of aromatic nitrogens is 1. The van der Waals surface area contributed by atoms with Crippen molar-refractivity contribution in [3.05, 3.63) is 53.4 Å². The topological polar surface area (TPSA) is 69.4 Å². The first-order valence-corrected chi connectivity index (χ1v) is 5.81. The van der Waals surface area contributed by atoms with Crippen molar-refractivity contribution in [1.29, 1.82) is 0 Å². The minimum absolute atomic E-state index is 0.00906. The minimum atomic E-state index is -0.875. The van der Waals surface area contributed by atoms with Crippen molar-refractivity contribution in [2.24, 2.45) is 0 Å². The summed E-state index contributed by atoms with van der Waals surface area (Å²) in [5, 5.41) is 3.59. The van der Waals surface area contributed by atoms with E-state index in [1.807, 2.05) is 6.07 Å². The minimum Gasteiger partial charge on any atom is -0.448 e. The van der Waals surface area contributed by atoms with Gasteiger partial charge >= 0.3 is 5.97 Å². The van der Waals surface area contributed by atoms with Gasteiger partial charge in [-0.05, 0) is 13.8 Å². The summed E-state index contributed by atoms with van der Waals surface area (Å²) in [6, 6.07) is 10.1. The molecule has 0 saturated heterocycles. The summed E-state index contributed by atoms with van der Waals surface area (Å²) in [6.07, 6.45) is -0.875. The second kappa shape index (κ2) is 5.48. The molecule has 0 amide bonds. The van der Waals surface area contributed by atoms with Gasteiger partial charge in [0, 0.05) is 11.6 Å². The third-order valence-corrected chi connectivity index (χ3v) is 2.54. The molecule has 1 heterocycles. The van der Waals surface area contributed by atoms with E-state index in [1.165, 1.54) is 13.0 Å². The fraction of sp³-hybridized carbons (Fsp3) is 0.214. The first-order valence-electron chi connectivity index (χ1n) is 5.81. The Bertz CT molecular complexity index is 589. The highest BCUT2D eigenvalue weighted by Gasteiger charge is 2.22. The van der Waals surface area contributed by atoms with Crippen molar-refractivity contribution >= 4 is 11.8 Å². The number of carbonyl (C=O) groups excluding carboxylic acids is 2. The van der Waals surface area contributed by atoms with Crippen LogP contribution in [0.15, 0.2) is 40.9 Å². The molecule has 0 aliphatic rings. The van der Waals surface area contributed by atoms with Crippen LogP contribution in [0.5, 0.6) is 0 Å². The Morgan fingerprint density at radius 2 is 1.95 bits per heavy atom. The maximum atomic E-state index is 12.0. The van der Waals surface area contributed by atoms with E-state index in [0.29, 0.717) is 11.3 Å². The zero-order chi connectivity index (χ0) is 13.8. The van der Waals surface area contributed by atoms with Crippen LogP contribution < -0.4 is 0 Å². The number of hydrogen-bond donors (Lipinski definition) is 0. The Morgan fingerprint density at radius 3 is 2.53 bits per heavy atom. The highest BCUT2D eigenvalue weighted by molar-refractivity contribution is 6.00. The monoisotopic (exact) mass is 259 g/mol. The summed E-state index contributed by atoms with van der Waals surface area (Å²) in [4.78, 5) is 23.7. The first-order chi connectivity index (χ1) is 9.08. The Morgan fingerprint density at radius 1 is 1.26 bits per heavy atom. The summed E-state index contributed by atoms with van der Waals surface area (Å²) >= 11 is 0. The van der Waals surface area contributed by atoms with Crippen LogP contribution in [-0.4, -0.2) is 23.0 Å². The van der Waals surface area contributed by atoms with Crippen LogP contribution in [0.1, 0.15) is 33.5 Å². The third-order valence-electron chi connectivity index (χ3n) is 2.54. The molecule has 1 atom stereocenters. The Labute approximate surface area is 110 Å². The van der Waals surface area contributed by atoms with Gasteiger partial charge in [0.15, 0.2) is 6.10 Å². The van der Waals surface area contributed by atoms with E-state index < -0.39 is 12.1 Å². The van der Waals surface area contributed by atoms with Crippen molar-refractivity contribution in [2.45, 2.75) is 20.0 Å². The van der Waals surface area contributed by atoms with Crippen molar-refractivity contribution in [2.75, 3.05) is 0 Å². The molecule has 0 saturated carbocycles. The number of aryl methyl sites for hydroxylation is 1. The number of nitrogens with zero attached hydrogens (tertiary/aromatic N) is 1. The second-order valence-corrected chi connectivity index (χ2v) is 4.11. The summed E-state index contributed by atoms with van der Waals surface area (Å²) < 4.78 is 9.82. The van der Waals surface area contributed by atoms with Gasteiger partial charge in [-0.25, -0.2) is 4.79 Å². The Kier molecular flexibility index (Phi) is 3.75. The van der Waals surface area contributed by atoms with Gasteiger partial charge in [-0.3, -0.25) is 4.79 Å². The van der Waals surface area contributed by atoms with E-state index in [-0.39, 0.29) is 11.5 Å². The second-order valence-electron chi connectivity index (χ2n) is 4.11. The molecule has 0 N–H and O–H groups in total. The molecule has 0 fully saturated rings. The van der Waals surface area contributed by atoms with Crippen LogP contribution >= 0.6 is 0 Å². The number of ether oxygens (including phenoxy) is 1. The molecule has 0 aliphatic carbocycles. The van der Waals surface area contributed by atoms with Crippen LogP contribution in [-0.2, 0) is 4.74 Å². The molecule has 1 aromatic heterocycles. The Hall–Kier alpha value is -2.43. The molecule has 2 aromatic rings. The van der Waals surface area contributed by atoms with Gasteiger partial charge in [0.1, 0.15) is 0 Å². The van der Waals surface area contributed by atoms with Crippen LogP contribution in [0, 0.1) is 6.92 Å². The average Bonchev–Trinajstić information content (AvgIpc) is 2.85. The number of ketones is 1. The molecule has 19 heavy (non-hydrogen) atoms. The summed E-state index contributed by atoms with van der Waals surface area (Å²) in [5.74, 6) is -0.965. The molecular formula is C14H13NO4. The number of carbonyl (C=O) groups is 2. The zero-order valence-corrected chi connectivity index (χ0v) is 10.6. The van der Waals surface area contributed by atoms with E-state index in [9.17, 15) is 9.59 Å². The van der Waals surface area contributed by atoms with Crippen molar-refractivity contribution in [3.63, 3.8) is 0 Å². The lowest BCUT2D eigenvalue weighted by Crippen LogP contribution is -2.24. The third kappa shape index (κ3) is 3.07. The summed E-state index contributed by atoms with van der Waals surface area (Å²) in [6.45, 7) is 3.22. The molecule has 98 valence electrons. The molecule has 0 radical (unpaired) electrons. The lowest BCUT2D eigenvalue weighted by atomic mass is 10.1. The van der Waals surface area contributed by atoms with E-state index in [4.69, 9.17) is 9.26 Å². The predicted molar refractivity (Wildman–Crippen MR) is 66.9 cm³/mol. The number of benzene rings is 1. The fourth-order valence-electron chi connectivity index (χ4n) is 1.57. The molecule has 5 heteroatoms. The highest BCUT2D eigenvalue weighted by atomic mass is 16.6. The van der Waals surface area contributed by atoms with Crippen molar-refractivity contribution in [3.8, 4) is 0 Å². The Balaban J connectivity index is 2.03.